The highest BCUT2D eigenvalue weighted by Gasteiger charge is 2.16. The van der Waals surface area contributed by atoms with E-state index in [0.717, 1.165) is 13.1 Å². The van der Waals surface area contributed by atoms with Crippen molar-refractivity contribution in [2.45, 2.75) is 39.2 Å². The third-order valence-electron chi connectivity index (χ3n) is 3.13. The highest BCUT2D eigenvalue weighted by Crippen LogP contribution is 2.26. The fraction of sp³-hybridized carbons (Fsp3) is 0.538. The fourth-order valence-corrected chi connectivity index (χ4v) is 2.15. The van der Waals surface area contributed by atoms with Crippen molar-refractivity contribution in [3.63, 3.8) is 0 Å². The lowest BCUT2D eigenvalue weighted by atomic mass is 9.89. The van der Waals surface area contributed by atoms with E-state index in [0.29, 0.717) is 11.8 Å². The highest BCUT2D eigenvalue weighted by molar-refractivity contribution is 5.37. The summed E-state index contributed by atoms with van der Waals surface area (Å²) in [7, 11) is 0. The maximum Gasteiger partial charge on any atom is 0.0208 e. The maximum atomic E-state index is 3.46. The third-order valence-corrected chi connectivity index (χ3v) is 3.13. The van der Waals surface area contributed by atoms with Gasteiger partial charge in [-0.05, 0) is 28.5 Å². The fourth-order valence-electron chi connectivity index (χ4n) is 2.15. The predicted molar refractivity (Wildman–Crippen MR) is 60.7 cm³/mol. The summed E-state index contributed by atoms with van der Waals surface area (Å²) in [5, 5.41) is 3.46. The zero-order chi connectivity index (χ0) is 10.1. The highest BCUT2D eigenvalue weighted by atomic mass is 14.9. The van der Waals surface area contributed by atoms with Crippen LogP contribution >= 0.6 is 0 Å². The SMILES string of the molecule is CC(C)c1ccc2c(c1)CNCC2C. The molecule has 76 valence electrons. The molecule has 0 aliphatic carbocycles. The average Bonchev–Trinajstić information content (AvgIpc) is 2.17. The molecule has 14 heavy (non-hydrogen) atoms. The zero-order valence-corrected chi connectivity index (χ0v) is 9.30. The number of benzene rings is 1. The first-order valence-electron chi connectivity index (χ1n) is 5.52. The first-order chi connectivity index (χ1) is 6.68. The molecule has 0 fully saturated rings. The van der Waals surface area contributed by atoms with Crippen molar-refractivity contribution >= 4 is 0 Å². The van der Waals surface area contributed by atoms with Gasteiger partial charge >= 0.3 is 0 Å². The maximum absolute atomic E-state index is 3.46. The molecule has 1 nitrogen and oxygen atoms in total. The van der Waals surface area contributed by atoms with E-state index in [1.54, 1.807) is 0 Å². The number of hydrogen-bond acceptors (Lipinski definition) is 1. The quantitative estimate of drug-likeness (QED) is 0.716. The van der Waals surface area contributed by atoms with Crippen LogP contribution in [0.2, 0.25) is 0 Å². The van der Waals surface area contributed by atoms with Gasteiger partial charge in [0.2, 0.25) is 0 Å². The minimum absolute atomic E-state index is 0.637. The van der Waals surface area contributed by atoms with E-state index in [9.17, 15) is 0 Å². The van der Waals surface area contributed by atoms with Gasteiger partial charge in [0.1, 0.15) is 0 Å². The summed E-state index contributed by atoms with van der Waals surface area (Å²) >= 11 is 0. The van der Waals surface area contributed by atoms with Crippen LogP contribution in [0.5, 0.6) is 0 Å². The number of hydrogen-bond donors (Lipinski definition) is 1. The largest absolute Gasteiger partial charge is 0.312 e. The van der Waals surface area contributed by atoms with Crippen molar-refractivity contribution in [1.29, 1.82) is 0 Å². The summed E-state index contributed by atoms with van der Waals surface area (Å²) in [5.74, 6) is 1.30. The molecule has 0 spiro atoms. The molecule has 0 radical (unpaired) electrons. The van der Waals surface area contributed by atoms with E-state index >= 15 is 0 Å². The predicted octanol–water partition coefficient (Wildman–Crippen LogP) is 3.02. The molecule has 1 atom stereocenters. The Balaban J connectivity index is 2.39. The van der Waals surface area contributed by atoms with E-state index in [2.05, 4.69) is 44.3 Å². The van der Waals surface area contributed by atoms with Crippen LogP contribution in [0, 0.1) is 0 Å². The summed E-state index contributed by atoms with van der Waals surface area (Å²) in [6.45, 7) is 8.96. The minimum Gasteiger partial charge on any atom is -0.312 e. The van der Waals surface area contributed by atoms with Gasteiger partial charge in [-0.3, -0.25) is 0 Å². The Morgan fingerprint density at radius 3 is 2.86 bits per heavy atom. The summed E-state index contributed by atoms with van der Waals surface area (Å²) in [6, 6.07) is 6.96. The van der Waals surface area contributed by atoms with E-state index in [4.69, 9.17) is 0 Å². The molecule has 1 aliphatic rings. The van der Waals surface area contributed by atoms with Crippen LogP contribution in [0.15, 0.2) is 18.2 Å². The van der Waals surface area contributed by atoms with Crippen LogP contribution in [-0.4, -0.2) is 6.54 Å². The van der Waals surface area contributed by atoms with Crippen molar-refractivity contribution in [3.05, 3.63) is 34.9 Å². The second kappa shape index (κ2) is 3.74. The van der Waals surface area contributed by atoms with Crippen LogP contribution in [0.3, 0.4) is 0 Å². The van der Waals surface area contributed by atoms with Gasteiger partial charge < -0.3 is 5.32 Å². The van der Waals surface area contributed by atoms with Gasteiger partial charge in [-0.25, -0.2) is 0 Å². The Bertz CT molecular complexity index is 328. The van der Waals surface area contributed by atoms with Gasteiger partial charge in [-0.2, -0.15) is 0 Å². The van der Waals surface area contributed by atoms with Gasteiger partial charge in [-0.1, -0.05) is 39.0 Å². The van der Waals surface area contributed by atoms with Crippen molar-refractivity contribution in [2.24, 2.45) is 0 Å². The lowest BCUT2D eigenvalue weighted by Gasteiger charge is -2.24. The van der Waals surface area contributed by atoms with Gasteiger partial charge in [-0.15, -0.1) is 0 Å². The van der Waals surface area contributed by atoms with Crippen LogP contribution < -0.4 is 5.32 Å². The molecule has 1 heteroatoms. The van der Waals surface area contributed by atoms with E-state index in [-0.39, 0.29) is 0 Å². The normalized spacial score (nSPS) is 21.0. The van der Waals surface area contributed by atoms with Crippen LogP contribution in [0.25, 0.3) is 0 Å². The summed E-state index contributed by atoms with van der Waals surface area (Å²) in [5.41, 5.74) is 4.49. The number of fused-ring (bicyclic) bond motifs is 1. The molecule has 0 saturated carbocycles. The second-order valence-corrected chi connectivity index (χ2v) is 4.64. The second-order valence-electron chi connectivity index (χ2n) is 4.64. The lowest BCUT2D eigenvalue weighted by molar-refractivity contribution is 0.570. The number of nitrogens with one attached hydrogen (secondary N) is 1. The molecule has 0 bridgehead atoms. The monoisotopic (exact) mass is 189 g/mol. The molecule has 2 rings (SSSR count). The molecule has 1 heterocycles. The van der Waals surface area contributed by atoms with Gasteiger partial charge in [0, 0.05) is 13.1 Å². The number of rotatable bonds is 1. The average molecular weight is 189 g/mol. The van der Waals surface area contributed by atoms with Crippen molar-refractivity contribution in [3.8, 4) is 0 Å². The first kappa shape index (κ1) is 9.72. The summed E-state index contributed by atoms with van der Waals surface area (Å²) < 4.78 is 0. The first-order valence-corrected chi connectivity index (χ1v) is 5.52. The Kier molecular flexibility index (Phi) is 2.60. The van der Waals surface area contributed by atoms with Gasteiger partial charge in [0.15, 0.2) is 0 Å². The van der Waals surface area contributed by atoms with Crippen molar-refractivity contribution < 1.29 is 0 Å². The van der Waals surface area contributed by atoms with Gasteiger partial charge in [0.25, 0.3) is 0 Å². The van der Waals surface area contributed by atoms with Crippen molar-refractivity contribution in [2.75, 3.05) is 6.54 Å². The molecular weight excluding hydrogens is 170 g/mol. The molecule has 0 amide bonds. The molecule has 1 aromatic rings. The van der Waals surface area contributed by atoms with Crippen LogP contribution in [0.4, 0.5) is 0 Å². The Morgan fingerprint density at radius 2 is 2.14 bits per heavy atom. The standard InChI is InChI=1S/C13H19N/c1-9(2)11-4-5-13-10(3)7-14-8-12(13)6-11/h4-6,9-10,14H,7-8H2,1-3H3. The van der Waals surface area contributed by atoms with Crippen LogP contribution in [0.1, 0.15) is 49.3 Å². The summed E-state index contributed by atoms with van der Waals surface area (Å²) in [4.78, 5) is 0. The molecule has 1 aromatic carbocycles. The van der Waals surface area contributed by atoms with Crippen molar-refractivity contribution in [1.82, 2.24) is 5.32 Å². The minimum atomic E-state index is 0.637. The Labute approximate surface area is 86.5 Å². The van der Waals surface area contributed by atoms with Crippen LogP contribution in [-0.2, 0) is 6.54 Å². The topological polar surface area (TPSA) is 12.0 Å². The molecule has 0 saturated heterocycles. The summed E-state index contributed by atoms with van der Waals surface area (Å²) in [6.07, 6.45) is 0. The van der Waals surface area contributed by atoms with Gasteiger partial charge in [0.05, 0.1) is 0 Å². The third kappa shape index (κ3) is 1.69. The van der Waals surface area contributed by atoms with E-state index in [1.807, 2.05) is 0 Å². The lowest BCUT2D eigenvalue weighted by Crippen LogP contribution is -2.26. The zero-order valence-electron chi connectivity index (χ0n) is 9.30. The molecular formula is C13H19N. The molecule has 0 aromatic heterocycles. The smallest absolute Gasteiger partial charge is 0.0208 e. The molecule has 1 aliphatic heterocycles. The van der Waals surface area contributed by atoms with E-state index in [1.165, 1.54) is 16.7 Å². The molecule has 1 unspecified atom stereocenters. The Morgan fingerprint density at radius 1 is 1.36 bits per heavy atom. The Hall–Kier alpha value is -0.820. The molecule has 1 N–H and O–H groups in total. The van der Waals surface area contributed by atoms with E-state index < -0.39 is 0 Å².